The molecule has 1 fully saturated rings. The molecule has 7 heteroatoms. The van der Waals surface area contributed by atoms with Crippen LogP contribution < -0.4 is 10.6 Å². The van der Waals surface area contributed by atoms with Crippen LogP contribution in [0.25, 0.3) is 22.3 Å². The van der Waals surface area contributed by atoms with E-state index in [9.17, 15) is 0 Å². The minimum Gasteiger partial charge on any atom is -0.383 e. The molecule has 0 unspecified atom stereocenters. The van der Waals surface area contributed by atoms with Crippen LogP contribution in [0.4, 0.5) is 11.5 Å². The van der Waals surface area contributed by atoms with Gasteiger partial charge in [-0.2, -0.15) is 5.10 Å². The molecule has 4 rings (SSSR count). The Bertz CT molecular complexity index is 853. The summed E-state index contributed by atoms with van der Waals surface area (Å²) in [7, 11) is 0. The van der Waals surface area contributed by atoms with E-state index in [-0.39, 0.29) is 0 Å². The fourth-order valence-electron chi connectivity index (χ4n) is 3.06. The zero-order valence-electron chi connectivity index (χ0n) is 12.9. The Morgan fingerprint density at radius 1 is 1.22 bits per heavy atom. The first-order chi connectivity index (χ1) is 11.2. The number of aromatic nitrogens is 4. The number of ether oxygens (including phenoxy) is 1. The number of benzene rings is 1. The second-order valence-corrected chi connectivity index (χ2v) is 5.66. The lowest BCUT2D eigenvalue weighted by molar-refractivity contribution is 0.122. The van der Waals surface area contributed by atoms with Gasteiger partial charge < -0.3 is 15.4 Å². The Kier molecular flexibility index (Phi) is 3.34. The second kappa shape index (κ2) is 5.51. The normalized spacial score (nSPS) is 15.3. The Labute approximate surface area is 133 Å². The lowest BCUT2D eigenvalue weighted by Crippen LogP contribution is -2.36. The molecule has 1 aliphatic rings. The van der Waals surface area contributed by atoms with E-state index in [1.807, 2.05) is 0 Å². The lowest BCUT2D eigenvalue weighted by atomic mass is 10.0. The molecule has 2 aromatic heterocycles. The van der Waals surface area contributed by atoms with Crippen LogP contribution in [0.15, 0.2) is 24.5 Å². The van der Waals surface area contributed by atoms with Crippen molar-refractivity contribution in [3.05, 3.63) is 30.1 Å². The highest BCUT2D eigenvalue weighted by atomic mass is 16.5. The van der Waals surface area contributed by atoms with Crippen molar-refractivity contribution >= 4 is 22.5 Å². The first-order valence-electron chi connectivity index (χ1n) is 7.62. The summed E-state index contributed by atoms with van der Waals surface area (Å²) in [6.45, 7) is 5.52. The highest BCUT2D eigenvalue weighted by Crippen LogP contribution is 2.31. The molecular weight excluding hydrogens is 292 g/mol. The Morgan fingerprint density at radius 3 is 2.83 bits per heavy atom. The topological polar surface area (TPSA) is 93.0 Å². The number of nitrogens with zero attached hydrogens (tertiary/aromatic N) is 4. The van der Waals surface area contributed by atoms with Crippen molar-refractivity contribution in [2.45, 2.75) is 6.92 Å². The maximum Gasteiger partial charge on any atom is 0.186 e. The number of morpholine rings is 1. The molecule has 3 heterocycles. The van der Waals surface area contributed by atoms with Crippen LogP contribution in [0.2, 0.25) is 0 Å². The van der Waals surface area contributed by atoms with Gasteiger partial charge in [-0.05, 0) is 24.6 Å². The summed E-state index contributed by atoms with van der Waals surface area (Å²) >= 11 is 0. The van der Waals surface area contributed by atoms with Gasteiger partial charge in [0, 0.05) is 24.3 Å². The largest absolute Gasteiger partial charge is 0.383 e. The van der Waals surface area contributed by atoms with Gasteiger partial charge in [0.2, 0.25) is 0 Å². The molecule has 3 aromatic rings. The fourth-order valence-corrected chi connectivity index (χ4v) is 3.06. The molecule has 0 aliphatic carbocycles. The van der Waals surface area contributed by atoms with Crippen molar-refractivity contribution in [3.8, 4) is 11.3 Å². The van der Waals surface area contributed by atoms with Crippen LogP contribution in [0.1, 0.15) is 5.56 Å². The van der Waals surface area contributed by atoms with E-state index in [0.717, 1.165) is 42.9 Å². The third kappa shape index (κ3) is 2.39. The molecule has 0 spiro atoms. The SMILES string of the molecule is Cc1cc(-c2[nH]nc3ncnc(N)c23)ccc1N1CCOCC1. The first kappa shape index (κ1) is 14.0. The monoisotopic (exact) mass is 310 g/mol. The van der Waals surface area contributed by atoms with Gasteiger partial charge in [-0.3, -0.25) is 5.10 Å². The third-order valence-electron chi connectivity index (χ3n) is 4.22. The van der Waals surface area contributed by atoms with E-state index in [4.69, 9.17) is 10.5 Å². The molecule has 1 aromatic carbocycles. The number of aryl methyl sites for hydroxylation is 1. The van der Waals surface area contributed by atoms with Crippen molar-refractivity contribution in [2.75, 3.05) is 36.9 Å². The van der Waals surface area contributed by atoms with Crippen molar-refractivity contribution in [1.82, 2.24) is 20.2 Å². The summed E-state index contributed by atoms with van der Waals surface area (Å²) in [6, 6.07) is 6.37. The number of hydrogen-bond donors (Lipinski definition) is 2. The third-order valence-corrected chi connectivity index (χ3v) is 4.22. The van der Waals surface area contributed by atoms with Crippen LogP contribution in [0, 0.1) is 6.92 Å². The molecule has 0 atom stereocenters. The van der Waals surface area contributed by atoms with Gasteiger partial charge in [-0.1, -0.05) is 6.07 Å². The molecule has 0 amide bonds. The number of rotatable bonds is 2. The molecule has 1 aliphatic heterocycles. The standard InChI is InChI=1S/C16H18N6O/c1-10-8-11(2-3-12(10)22-4-6-23-7-5-22)14-13-15(17)18-9-19-16(13)21-20-14/h2-3,8-9H,4-7H2,1H3,(H3,17,18,19,20,21). The zero-order valence-corrected chi connectivity index (χ0v) is 12.9. The zero-order chi connectivity index (χ0) is 15.8. The number of nitrogen functional groups attached to an aromatic ring is 1. The molecule has 0 radical (unpaired) electrons. The minimum absolute atomic E-state index is 0.439. The van der Waals surface area contributed by atoms with Crippen LogP contribution in [-0.4, -0.2) is 46.5 Å². The van der Waals surface area contributed by atoms with Gasteiger partial charge in [0.25, 0.3) is 0 Å². The summed E-state index contributed by atoms with van der Waals surface area (Å²) in [5.41, 5.74) is 10.9. The number of aromatic amines is 1. The summed E-state index contributed by atoms with van der Waals surface area (Å²) < 4.78 is 5.42. The Balaban J connectivity index is 1.76. The molecule has 0 saturated carbocycles. The van der Waals surface area contributed by atoms with Crippen LogP contribution in [-0.2, 0) is 4.74 Å². The van der Waals surface area contributed by atoms with Gasteiger partial charge in [0.1, 0.15) is 12.1 Å². The molecular formula is C16H18N6O. The minimum atomic E-state index is 0.439. The summed E-state index contributed by atoms with van der Waals surface area (Å²) in [6.07, 6.45) is 1.43. The Morgan fingerprint density at radius 2 is 2.04 bits per heavy atom. The fraction of sp³-hybridized carbons (Fsp3) is 0.312. The van der Waals surface area contributed by atoms with E-state index in [0.29, 0.717) is 11.5 Å². The average Bonchev–Trinajstić information content (AvgIpc) is 3.01. The molecule has 0 bridgehead atoms. The Hall–Kier alpha value is -2.67. The predicted octanol–water partition coefficient (Wildman–Crippen LogP) is 1.75. The van der Waals surface area contributed by atoms with Crippen molar-refractivity contribution in [1.29, 1.82) is 0 Å². The number of H-pyrrole nitrogens is 1. The van der Waals surface area contributed by atoms with Crippen molar-refractivity contribution < 1.29 is 4.74 Å². The van der Waals surface area contributed by atoms with E-state index in [2.05, 4.69) is 50.2 Å². The number of anilines is 2. The second-order valence-electron chi connectivity index (χ2n) is 5.66. The van der Waals surface area contributed by atoms with Gasteiger partial charge in [0.15, 0.2) is 5.65 Å². The molecule has 3 N–H and O–H groups in total. The smallest absolute Gasteiger partial charge is 0.186 e. The lowest BCUT2D eigenvalue weighted by Gasteiger charge is -2.30. The summed E-state index contributed by atoms with van der Waals surface area (Å²) in [5.74, 6) is 0.439. The van der Waals surface area contributed by atoms with Crippen LogP contribution in [0.3, 0.4) is 0 Å². The predicted molar refractivity (Wildman–Crippen MR) is 89.3 cm³/mol. The average molecular weight is 310 g/mol. The summed E-state index contributed by atoms with van der Waals surface area (Å²) in [4.78, 5) is 10.6. The highest BCUT2D eigenvalue weighted by molar-refractivity contribution is 5.98. The number of fused-ring (bicyclic) bond motifs is 1. The van der Waals surface area contributed by atoms with E-state index < -0.39 is 0 Å². The van der Waals surface area contributed by atoms with Crippen LogP contribution >= 0.6 is 0 Å². The van der Waals surface area contributed by atoms with E-state index in [1.54, 1.807) is 0 Å². The quantitative estimate of drug-likeness (QED) is 0.749. The summed E-state index contributed by atoms with van der Waals surface area (Å²) in [5, 5.41) is 8.02. The van der Waals surface area contributed by atoms with Gasteiger partial charge in [-0.25, -0.2) is 9.97 Å². The molecule has 1 saturated heterocycles. The number of nitrogens with two attached hydrogens (primary N) is 1. The number of hydrogen-bond acceptors (Lipinski definition) is 6. The van der Waals surface area contributed by atoms with Crippen molar-refractivity contribution in [2.24, 2.45) is 0 Å². The van der Waals surface area contributed by atoms with E-state index >= 15 is 0 Å². The van der Waals surface area contributed by atoms with Crippen molar-refractivity contribution in [3.63, 3.8) is 0 Å². The maximum absolute atomic E-state index is 5.99. The molecule has 7 nitrogen and oxygen atoms in total. The highest BCUT2D eigenvalue weighted by Gasteiger charge is 2.16. The number of nitrogens with one attached hydrogen (secondary N) is 1. The first-order valence-corrected chi connectivity index (χ1v) is 7.62. The van der Waals surface area contributed by atoms with E-state index in [1.165, 1.54) is 17.6 Å². The van der Waals surface area contributed by atoms with Gasteiger partial charge in [-0.15, -0.1) is 0 Å². The van der Waals surface area contributed by atoms with Crippen LogP contribution in [0.5, 0.6) is 0 Å². The van der Waals surface area contributed by atoms with Gasteiger partial charge >= 0.3 is 0 Å². The maximum atomic E-state index is 5.99. The molecule has 23 heavy (non-hydrogen) atoms. The van der Waals surface area contributed by atoms with Gasteiger partial charge in [0.05, 0.1) is 24.3 Å². The molecule has 118 valence electrons.